The Morgan fingerprint density at radius 3 is 2.67 bits per heavy atom. The zero-order chi connectivity index (χ0) is 23.9. The predicted octanol–water partition coefficient (Wildman–Crippen LogP) is 5.55. The Morgan fingerprint density at radius 1 is 1.30 bits per heavy atom. The predicted molar refractivity (Wildman–Crippen MR) is 130 cm³/mol. The molecule has 7 nitrogen and oxygen atoms in total. The first-order chi connectivity index (χ1) is 15.7. The molecule has 0 radical (unpaired) electrons. The van der Waals surface area contributed by atoms with E-state index in [4.69, 9.17) is 11.6 Å². The molecule has 8 heteroatoms. The van der Waals surface area contributed by atoms with Gasteiger partial charge in [0, 0.05) is 42.1 Å². The van der Waals surface area contributed by atoms with Crippen molar-refractivity contribution in [2.75, 3.05) is 17.7 Å². The lowest BCUT2D eigenvalue weighted by Gasteiger charge is -2.22. The van der Waals surface area contributed by atoms with Crippen LogP contribution in [0, 0.1) is 29.9 Å². The van der Waals surface area contributed by atoms with Gasteiger partial charge in [0.05, 0.1) is 10.6 Å². The van der Waals surface area contributed by atoms with Gasteiger partial charge in [-0.1, -0.05) is 36.9 Å². The van der Waals surface area contributed by atoms with Gasteiger partial charge in [-0.3, -0.25) is 14.9 Å². The standard InChI is InChI=1S/C25H24ClN3O4/c1-14-10-15(2)24(21(11-14)29(32)33)27-16(3)25(31)28-13-17(12-26)23-19-7-5-4-6-18(19)22(30)9-8-20(23)28/h4-7,9-11,17,27,30H,3,8,12-13H2,1-2H3/t17-/m1/s1. The van der Waals surface area contributed by atoms with E-state index in [1.165, 1.54) is 6.07 Å². The van der Waals surface area contributed by atoms with E-state index in [2.05, 4.69) is 11.9 Å². The van der Waals surface area contributed by atoms with E-state index in [9.17, 15) is 20.0 Å². The maximum atomic E-state index is 13.5. The Hall–Kier alpha value is -3.58. The molecule has 2 aromatic carbocycles. The number of allylic oxidation sites excluding steroid dienone is 1. The number of nitrogens with one attached hydrogen (secondary N) is 1. The molecule has 0 unspecified atom stereocenters. The number of nitro benzene ring substituents is 1. The number of hydrogen-bond donors (Lipinski definition) is 2. The average Bonchev–Trinajstić information content (AvgIpc) is 3.09. The van der Waals surface area contributed by atoms with E-state index in [-0.39, 0.29) is 28.7 Å². The smallest absolute Gasteiger partial charge is 0.293 e. The molecule has 1 atom stereocenters. The number of carbonyl (C=O) groups is 1. The third-order valence-electron chi connectivity index (χ3n) is 6.05. The summed E-state index contributed by atoms with van der Waals surface area (Å²) < 4.78 is 0. The monoisotopic (exact) mass is 465 g/mol. The van der Waals surface area contributed by atoms with Crippen molar-refractivity contribution >= 4 is 40.2 Å². The van der Waals surface area contributed by atoms with Gasteiger partial charge in [0.15, 0.2) is 0 Å². The molecule has 1 aliphatic carbocycles. The van der Waals surface area contributed by atoms with Crippen LogP contribution in [0.5, 0.6) is 0 Å². The van der Waals surface area contributed by atoms with Crippen molar-refractivity contribution in [1.29, 1.82) is 0 Å². The number of fused-ring (bicyclic) bond motifs is 2. The lowest BCUT2D eigenvalue weighted by Crippen LogP contribution is -2.33. The lowest BCUT2D eigenvalue weighted by atomic mass is 9.91. The van der Waals surface area contributed by atoms with Crippen LogP contribution >= 0.6 is 11.6 Å². The number of anilines is 1. The first-order valence-electron chi connectivity index (χ1n) is 10.5. The van der Waals surface area contributed by atoms with Crippen LogP contribution < -0.4 is 5.32 Å². The number of aliphatic hydroxyl groups is 1. The molecule has 0 fully saturated rings. The van der Waals surface area contributed by atoms with Gasteiger partial charge < -0.3 is 15.3 Å². The van der Waals surface area contributed by atoms with Crippen molar-refractivity contribution in [1.82, 2.24) is 4.90 Å². The molecule has 170 valence electrons. The fraction of sp³-hybridized carbons (Fsp3) is 0.240. The maximum Gasteiger partial charge on any atom is 0.293 e. The summed E-state index contributed by atoms with van der Waals surface area (Å²) in [6.45, 7) is 7.78. The van der Waals surface area contributed by atoms with Crippen molar-refractivity contribution < 1.29 is 14.8 Å². The highest BCUT2D eigenvalue weighted by molar-refractivity contribution is 6.19. The summed E-state index contributed by atoms with van der Waals surface area (Å²) in [4.78, 5) is 26.2. The van der Waals surface area contributed by atoms with Gasteiger partial charge in [0.2, 0.25) is 0 Å². The van der Waals surface area contributed by atoms with Crippen LogP contribution in [0.25, 0.3) is 11.3 Å². The summed E-state index contributed by atoms with van der Waals surface area (Å²) in [6.07, 6.45) is 2.04. The molecule has 0 spiro atoms. The van der Waals surface area contributed by atoms with Crippen molar-refractivity contribution in [3.8, 4) is 0 Å². The summed E-state index contributed by atoms with van der Waals surface area (Å²) >= 11 is 6.29. The van der Waals surface area contributed by atoms with E-state index in [1.54, 1.807) is 24.8 Å². The summed E-state index contributed by atoms with van der Waals surface area (Å²) in [6, 6.07) is 10.8. The number of hydrogen-bond acceptors (Lipinski definition) is 5. The number of amides is 1. The topological polar surface area (TPSA) is 95.7 Å². The van der Waals surface area contributed by atoms with Crippen LogP contribution in [0.15, 0.2) is 60.4 Å². The van der Waals surface area contributed by atoms with E-state index < -0.39 is 10.8 Å². The largest absolute Gasteiger partial charge is 0.508 e. The maximum absolute atomic E-state index is 13.5. The Kier molecular flexibility index (Phi) is 5.99. The fourth-order valence-electron chi connectivity index (χ4n) is 4.59. The van der Waals surface area contributed by atoms with Gasteiger partial charge in [-0.2, -0.15) is 0 Å². The lowest BCUT2D eigenvalue weighted by molar-refractivity contribution is -0.384. The number of rotatable bonds is 5. The number of nitro groups is 1. The van der Waals surface area contributed by atoms with E-state index >= 15 is 0 Å². The van der Waals surface area contributed by atoms with Crippen LogP contribution in [0.3, 0.4) is 0 Å². The SMILES string of the molecule is C=C(Nc1c(C)cc(C)cc1[N+](=O)[O-])C(=O)N1C[C@@H](CCl)C2=C1CC=C(O)c1ccccc12. The van der Waals surface area contributed by atoms with Gasteiger partial charge in [-0.05, 0) is 42.2 Å². The van der Waals surface area contributed by atoms with Gasteiger partial charge in [0.1, 0.15) is 11.4 Å². The molecular formula is C25H24ClN3O4. The number of carbonyl (C=O) groups excluding carboxylic acids is 1. The van der Waals surface area contributed by atoms with Crippen LogP contribution in [0.2, 0.25) is 0 Å². The van der Waals surface area contributed by atoms with E-state index in [0.29, 0.717) is 30.0 Å². The highest BCUT2D eigenvalue weighted by atomic mass is 35.5. The quantitative estimate of drug-likeness (QED) is 0.261. The second kappa shape index (κ2) is 8.75. The van der Waals surface area contributed by atoms with E-state index in [0.717, 1.165) is 22.4 Å². The minimum absolute atomic E-state index is 0.0258. The molecule has 2 N–H and O–H groups in total. The zero-order valence-electron chi connectivity index (χ0n) is 18.4. The average molecular weight is 466 g/mol. The third kappa shape index (κ3) is 4.00. The number of benzene rings is 2. The van der Waals surface area contributed by atoms with Crippen molar-refractivity contribution in [2.45, 2.75) is 20.3 Å². The minimum Gasteiger partial charge on any atom is -0.508 e. The van der Waals surface area contributed by atoms with Crippen LogP contribution in [0.4, 0.5) is 11.4 Å². The first-order valence-corrected chi connectivity index (χ1v) is 11.1. The van der Waals surface area contributed by atoms with Crippen LogP contribution in [0.1, 0.15) is 28.7 Å². The molecule has 1 amide bonds. The van der Waals surface area contributed by atoms with Gasteiger partial charge >= 0.3 is 0 Å². The summed E-state index contributed by atoms with van der Waals surface area (Å²) in [5, 5.41) is 25.0. The second-order valence-corrected chi connectivity index (χ2v) is 8.61. The van der Waals surface area contributed by atoms with E-state index in [1.807, 2.05) is 30.3 Å². The van der Waals surface area contributed by atoms with Gasteiger partial charge in [0.25, 0.3) is 11.6 Å². The minimum atomic E-state index is -0.476. The highest BCUT2D eigenvalue weighted by Crippen LogP contribution is 2.43. The van der Waals surface area contributed by atoms with Gasteiger partial charge in [-0.15, -0.1) is 11.6 Å². The highest BCUT2D eigenvalue weighted by Gasteiger charge is 2.37. The Labute approximate surface area is 196 Å². The third-order valence-corrected chi connectivity index (χ3v) is 6.42. The molecule has 4 rings (SSSR count). The van der Waals surface area contributed by atoms with Crippen molar-refractivity contribution in [2.24, 2.45) is 5.92 Å². The number of halogens is 1. The van der Waals surface area contributed by atoms with Crippen molar-refractivity contribution in [3.05, 3.63) is 92.8 Å². The fourth-order valence-corrected chi connectivity index (χ4v) is 4.85. The number of nitrogens with zero attached hydrogens (tertiary/aromatic N) is 2. The number of alkyl halides is 1. The Bertz CT molecular complexity index is 1250. The Balaban J connectivity index is 1.70. The molecule has 1 heterocycles. The zero-order valence-corrected chi connectivity index (χ0v) is 19.1. The van der Waals surface area contributed by atoms with Gasteiger partial charge in [-0.25, -0.2) is 0 Å². The summed E-state index contributed by atoms with van der Waals surface area (Å²) in [7, 11) is 0. The molecule has 2 aliphatic rings. The molecule has 0 bridgehead atoms. The number of aryl methyl sites for hydroxylation is 2. The molecular weight excluding hydrogens is 442 g/mol. The number of aliphatic hydroxyl groups excluding tert-OH is 1. The second-order valence-electron chi connectivity index (χ2n) is 8.30. The Morgan fingerprint density at radius 2 is 2.00 bits per heavy atom. The van der Waals surface area contributed by atoms with Crippen LogP contribution in [-0.2, 0) is 4.79 Å². The van der Waals surface area contributed by atoms with Crippen LogP contribution in [-0.4, -0.2) is 33.3 Å². The first kappa shape index (κ1) is 22.6. The molecule has 33 heavy (non-hydrogen) atoms. The summed E-state index contributed by atoms with van der Waals surface area (Å²) in [5.41, 5.74) is 4.79. The molecule has 0 saturated carbocycles. The molecule has 1 aliphatic heterocycles. The molecule has 0 saturated heterocycles. The molecule has 0 aromatic heterocycles. The molecule has 2 aromatic rings. The van der Waals surface area contributed by atoms with Crippen molar-refractivity contribution in [3.63, 3.8) is 0 Å². The summed E-state index contributed by atoms with van der Waals surface area (Å²) in [5.74, 6) is -0.0466. The normalized spacial score (nSPS) is 17.1.